The van der Waals surface area contributed by atoms with Crippen molar-refractivity contribution in [1.82, 2.24) is 0 Å². The smallest absolute Gasteiger partial charge is 0.343 e. The molecule has 0 aromatic heterocycles. The second-order valence-corrected chi connectivity index (χ2v) is 7.10. The summed E-state index contributed by atoms with van der Waals surface area (Å²) in [4.78, 5) is 27.1. The minimum atomic E-state index is -0.672. The number of hydrogen-bond acceptors (Lipinski definition) is 3. The topological polar surface area (TPSA) is 46.6 Å². The first-order valence-corrected chi connectivity index (χ1v) is 9.73. The van der Waals surface area contributed by atoms with E-state index in [0.29, 0.717) is 16.4 Å². The number of amides is 1. The second-order valence-electron chi connectivity index (χ2n) is 6.66. The largest absolute Gasteiger partial charge is 0.465 e. The van der Waals surface area contributed by atoms with Crippen molar-refractivity contribution in [3.63, 3.8) is 0 Å². The van der Waals surface area contributed by atoms with E-state index in [1.54, 1.807) is 30.3 Å². The van der Waals surface area contributed by atoms with Crippen LogP contribution in [0.25, 0.3) is 5.57 Å². The van der Waals surface area contributed by atoms with E-state index in [1.165, 1.54) is 12.0 Å². The van der Waals surface area contributed by atoms with Gasteiger partial charge in [0.15, 0.2) is 0 Å². The van der Waals surface area contributed by atoms with E-state index < -0.39 is 11.9 Å². The molecule has 3 aromatic rings. The number of carbonyl (C=O) groups is 2. The molecule has 0 aliphatic carbocycles. The van der Waals surface area contributed by atoms with Crippen molar-refractivity contribution in [2.45, 2.75) is 0 Å². The number of anilines is 1. The van der Waals surface area contributed by atoms with E-state index >= 15 is 0 Å². The molecule has 148 valence electrons. The molecule has 3 aromatic carbocycles. The molecule has 30 heavy (non-hydrogen) atoms. The van der Waals surface area contributed by atoms with Gasteiger partial charge in [-0.3, -0.25) is 9.69 Å². The lowest BCUT2D eigenvalue weighted by Crippen LogP contribution is -2.28. The molecule has 0 radical (unpaired) electrons. The Morgan fingerprint density at radius 2 is 1.37 bits per heavy atom. The van der Waals surface area contributed by atoms with Crippen LogP contribution in [-0.2, 0) is 14.3 Å². The Kier molecular flexibility index (Phi) is 5.50. The molecule has 0 spiro atoms. The Hall–Kier alpha value is -3.63. The minimum Gasteiger partial charge on any atom is -0.465 e. The maximum absolute atomic E-state index is 13.3. The third kappa shape index (κ3) is 3.65. The zero-order chi connectivity index (χ0) is 21.1. The van der Waals surface area contributed by atoms with Crippen LogP contribution in [0.5, 0.6) is 0 Å². The summed E-state index contributed by atoms with van der Waals surface area (Å²) in [6.45, 7) is 0. The Morgan fingerprint density at radius 3 is 1.87 bits per heavy atom. The molecule has 0 saturated heterocycles. The molecule has 0 unspecified atom stereocenters. The Bertz CT molecular complexity index is 1110. The highest BCUT2D eigenvalue weighted by Crippen LogP contribution is 2.37. The van der Waals surface area contributed by atoms with Gasteiger partial charge in [0.25, 0.3) is 5.91 Å². The molecule has 4 nitrogen and oxygen atoms in total. The fourth-order valence-electron chi connectivity index (χ4n) is 3.45. The van der Waals surface area contributed by atoms with Crippen molar-refractivity contribution in [3.05, 3.63) is 118 Å². The molecule has 0 N–H and O–H groups in total. The molecule has 0 atom stereocenters. The summed E-state index contributed by atoms with van der Waals surface area (Å²) in [5, 5.41) is 0.559. The van der Waals surface area contributed by atoms with Gasteiger partial charge in [-0.05, 0) is 41.5 Å². The van der Waals surface area contributed by atoms with Crippen LogP contribution in [0.2, 0.25) is 5.02 Å². The normalized spacial score (nSPS) is 13.3. The van der Waals surface area contributed by atoms with E-state index in [1.807, 2.05) is 60.7 Å². The lowest BCUT2D eigenvalue weighted by atomic mass is 9.95. The standard InChI is InChI=1S/C25H18ClNO3/c1-30-25(29)21-16-22(27(24(21)28)20-14-12-19(26)13-15-20)23(17-8-4-2-5-9-17)18-10-6-3-7-11-18/h2-16H,1H3. The second kappa shape index (κ2) is 8.39. The lowest BCUT2D eigenvalue weighted by Gasteiger charge is -2.22. The molecule has 0 saturated carbocycles. The molecule has 4 rings (SSSR count). The third-order valence-corrected chi connectivity index (χ3v) is 5.08. The van der Waals surface area contributed by atoms with Crippen molar-refractivity contribution in [3.8, 4) is 0 Å². The van der Waals surface area contributed by atoms with Gasteiger partial charge in [-0.25, -0.2) is 4.79 Å². The summed E-state index contributed by atoms with van der Waals surface area (Å²) in [5.74, 6) is -1.11. The van der Waals surface area contributed by atoms with E-state index in [4.69, 9.17) is 16.3 Å². The zero-order valence-electron chi connectivity index (χ0n) is 16.2. The third-order valence-electron chi connectivity index (χ3n) is 4.83. The average Bonchev–Trinajstić information content (AvgIpc) is 3.12. The molecule has 1 aliphatic heterocycles. The molecule has 0 fully saturated rings. The van der Waals surface area contributed by atoms with E-state index in [-0.39, 0.29) is 5.57 Å². The number of halogens is 1. The van der Waals surface area contributed by atoms with Gasteiger partial charge in [0.05, 0.1) is 12.8 Å². The van der Waals surface area contributed by atoms with Gasteiger partial charge in [0.2, 0.25) is 0 Å². The first kappa shape index (κ1) is 19.7. The highest BCUT2D eigenvalue weighted by atomic mass is 35.5. The first-order chi connectivity index (χ1) is 14.6. The van der Waals surface area contributed by atoms with Gasteiger partial charge < -0.3 is 4.74 Å². The van der Waals surface area contributed by atoms with Crippen LogP contribution in [0.1, 0.15) is 11.1 Å². The highest BCUT2D eigenvalue weighted by molar-refractivity contribution is 6.31. The number of nitrogens with zero attached hydrogens (tertiary/aromatic N) is 1. The number of ether oxygens (including phenoxy) is 1. The number of carbonyl (C=O) groups excluding carboxylic acids is 2. The van der Waals surface area contributed by atoms with Gasteiger partial charge in [0.1, 0.15) is 5.57 Å². The SMILES string of the molecule is COC(=O)C1=CC(=C(c2ccccc2)c2ccccc2)N(c2ccc(Cl)cc2)C1=O. The number of methoxy groups -OCH3 is 1. The predicted molar refractivity (Wildman–Crippen MR) is 118 cm³/mol. The van der Waals surface area contributed by atoms with Gasteiger partial charge in [-0.1, -0.05) is 72.3 Å². The van der Waals surface area contributed by atoms with E-state index in [2.05, 4.69) is 0 Å². The molecular formula is C25H18ClNO3. The number of benzene rings is 3. The summed E-state index contributed by atoms with van der Waals surface area (Å²) in [7, 11) is 1.26. The van der Waals surface area contributed by atoms with Crippen LogP contribution in [0.3, 0.4) is 0 Å². The molecule has 0 bridgehead atoms. The summed E-state index contributed by atoms with van der Waals surface area (Å²) in [6.07, 6.45) is 1.60. The summed E-state index contributed by atoms with van der Waals surface area (Å²) < 4.78 is 4.85. The molecule has 1 heterocycles. The average molecular weight is 416 g/mol. The van der Waals surface area contributed by atoms with Crippen LogP contribution < -0.4 is 4.90 Å². The van der Waals surface area contributed by atoms with E-state index in [9.17, 15) is 9.59 Å². The first-order valence-electron chi connectivity index (χ1n) is 9.35. The van der Waals surface area contributed by atoms with Gasteiger partial charge in [-0.2, -0.15) is 0 Å². The Labute approximate surface area is 179 Å². The Morgan fingerprint density at radius 1 is 0.833 bits per heavy atom. The molecule has 1 aliphatic rings. The fraction of sp³-hybridized carbons (Fsp3) is 0.0400. The van der Waals surface area contributed by atoms with Crippen molar-refractivity contribution in [1.29, 1.82) is 0 Å². The predicted octanol–water partition coefficient (Wildman–Crippen LogP) is 5.25. The van der Waals surface area contributed by atoms with Crippen LogP contribution in [0.15, 0.2) is 102 Å². The van der Waals surface area contributed by atoms with Gasteiger partial charge in [0, 0.05) is 16.3 Å². The number of rotatable bonds is 4. The minimum absolute atomic E-state index is 0.0215. The number of hydrogen-bond donors (Lipinski definition) is 0. The number of esters is 1. The lowest BCUT2D eigenvalue weighted by molar-refractivity contribution is -0.137. The van der Waals surface area contributed by atoms with Crippen LogP contribution in [-0.4, -0.2) is 19.0 Å². The van der Waals surface area contributed by atoms with Crippen molar-refractivity contribution in [2.24, 2.45) is 0 Å². The Balaban J connectivity index is 2.02. The molecular weight excluding hydrogens is 398 g/mol. The maximum Gasteiger partial charge on any atom is 0.343 e. The van der Waals surface area contributed by atoms with Crippen molar-refractivity contribution >= 4 is 34.7 Å². The summed E-state index contributed by atoms with van der Waals surface area (Å²) in [6, 6.07) is 26.4. The monoisotopic (exact) mass is 415 g/mol. The molecule has 5 heteroatoms. The quantitative estimate of drug-likeness (QED) is 0.432. The van der Waals surface area contributed by atoms with Crippen LogP contribution in [0.4, 0.5) is 5.69 Å². The van der Waals surface area contributed by atoms with Crippen molar-refractivity contribution < 1.29 is 14.3 Å². The zero-order valence-corrected chi connectivity index (χ0v) is 17.0. The highest BCUT2D eigenvalue weighted by Gasteiger charge is 2.36. The molecule has 1 amide bonds. The summed E-state index contributed by atoms with van der Waals surface area (Å²) in [5.41, 5.74) is 3.87. The summed E-state index contributed by atoms with van der Waals surface area (Å²) >= 11 is 6.04. The van der Waals surface area contributed by atoms with Gasteiger partial charge >= 0.3 is 5.97 Å². The number of allylic oxidation sites excluding steroid dienone is 1. The van der Waals surface area contributed by atoms with Crippen LogP contribution in [0, 0.1) is 0 Å². The fourth-order valence-corrected chi connectivity index (χ4v) is 3.58. The van der Waals surface area contributed by atoms with E-state index in [0.717, 1.165) is 16.7 Å². The van der Waals surface area contributed by atoms with Gasteiger partial charge in [-0.15, -0.1) is 0 Å². The van der Waals surface area contributed by atoms with Crippen LogP contribution >= 0.6 is 11.6 Å². The van der Waals surface area contributed by atoms with Crippen molar-refractivity contribution in [2.75, 3.05) is 12.0 Å². The maximum atomic E-state index is 13.3.